The molecule has 0 aliphatic rings. The van der Waals surface area contributed by atoms with E-state index in [0.29, 0.717) is 23.9 Å². The second-order valence-corrected chi connectivity index (χ2v) is 4.62. The van der Waals surface area contributed by atoms with Crippen LogP contribution in [0.15, 0.2) is 36.8 Å². The van der Waals surface area contributed by atoms with Gasteiger partial charge in [0.05, 0.1) is 6.20 Å². The van der Waals surface area contributed by atoms with Gasteiger partial charge in [0.15, 0.2) is 5.82 Å². The number of carbonyl (C=O) groups is 1. The summed E-state index contributed by atoms with van der Waals surface area (Å²) in [5.41, 5.74) is 7.19. The number of nitrogens with one attached hydrogen (secondary N) is 5. The third-order valence-corrected chi connectivity index (χ3v) is 2.99. The lowest BCUT2D eigenvalue weighted by Gasteiger charge is -2.08. The molecule has 0 saturated carbocycles. The van der Waals surface area contributed by atoms with Crippen molar-refractivity contribution in [3.63, 3.8) is 0 Å². The zero-order chi connectivity index (χ0) is 16.1. The van der Waals surface area contributed by atoms with E-state index in [2.05, 4.69) is 41.3 Å². The van der Waals surface area contributed by atoms with E-state index in [9.17, 15) is 4.79 Å². The van der Waals surface area contributed by atoms with E-state index in [-0.39, 0.29) is 5.82 Å². The van der Waals surface area contributed by atoms with Crippen molar-refractivity contribution >= 4 is 29.2 Å². The number of carbonyl (C=O) groups excluding carboxylic acids is 1. The topological polar surface area (TPSA) is 149 Å². The van der Waals surface area contributed by atoms with E-state index in [4.69, 9.17) is 5.73 Å². The Morgan fingerprint density at radius 2 is 2.00 bits per heavy atom. The van der Waals surface area contributed by atoms with Crippen molar-refractivity contribution < 1.29 is 4.79 Å². The lowest BCUT2D eigenvalue weighted by molar-refractivity contribution is 0.251. The standard InChI is InChI=1S/C13H15N9O/c14-11-10(18-9-3-6-17-20-9)12(22-21-11)19-13(23)16-7-8-1-4-15-5-2-8/h1-6H,7H2,(H2,17,18,20)(H5,14,16,19,21,22,23). The van der Waals surface area contributed by atoms with Gasteiger partial charge in [-0.15, -0.1) is 0 Å². The maximum atomic E-state index is 12.0. The summed E-state index contributed by atoms with van der Waals surface area (Å²) >= 11 is 0. The zero-order valence-corrected chi connectivity index (χ0v) is 12.0. The Bertz CT molecular complexity index is 766. The van der Waals surface area contributed by atoms with E-state index < -0.39 is 6.03 Å². The fourth-order valence-electron chi connectivity index (χ4n) is 1.87. The first-order valence-corrected chi connectivity index (χ1v) is 6.76. The van der Waals surface area contributed by atoms with Crippen molar-refractivity contribution in [2.45, 2.75) is 6.54 Å². The van der Waals surface area contributed by atoms with Gasteiger partial charge < -0.3 is 16.4 Å². The molecule has 0 spiro atoms. The molecule has 0 aromatic carbocycles. The maximum Gasteiger partial charge on any atom is 0.320 e. The van der Waals surface area contributed by atoms with Crippen LogP contribution in [0.4, 0.5) is 27.9 Å². The molecule has 3 rings (SSSR count). The van der Waals surface area contributed by atoms with Crippen molar-refractivity contribution in [2.24, 2.45) is 0 Å². The van der Waals surface area contributed by atoms with Crippen molar-refractivity contribution in [3.8, 4) is 0 Å². The number of nitrogens with zero attached hydrogens (tertiary/aromatic N) is 3. The average Bonchev–Trinajstić information content (AvgIpc) is 3.19. The summed E-state index contributed by atoms with van der Waals surface area (Å²) in [6.45, 7) is 0.373. The summed E-state index contributed by atoms with van der Waals surface area (Å²) in [7, 11) is 0. The van der Waals surface area contributed by atoms with Gasteiger partial charge in [0.2, 0.25) is 0 Å². The van der Waals surface area contributed by atoms with Crippen LogP contribution >= 0.6 is 0 Å². The average molecular weight is 313 g/mol. The lowest BCUT2D eigenvalue weighted by atomic mass is 10.3. The quantitative estimate of drug-likeness (QED) is 0.416. The van der Waals surface area contributed by atoms with Gasteiger partial charge in [-0.05, 0) is 17.7 Å². The third kappa shape index (κ3) is 3.56. The molecule has 0 atom stereocenters. The van der Waals surface area contributed by atoms with Crippen LogP contribution in [0.25, 0.3) is 0 Å². The van der Waals surface area contributed by atoms with Crippen molar-refractivity contribution in [2.75, 3.05) is 16.4 Å². The number of amides is 2. The number of urea groups is 1. The van der Waals surface area contributed by atoms with Crippen molar-refractivity contribution in [3.05, 3.63) is 42.4 Å². The van der Waals surface area contributed by atoms with Gasteiger partial charge in [0, 0.05) is 25.0 Å². The minimum absolute atomic E-state index is 0.282. The molecule has 0 unspecified atom stereocenters. The summed E-state index contributed by atoms with van der Waals surface area (Å²) in [5, 5.41) is 21.5. The predicted octanol–water partition coefficient (Wildman–Crippen LogP) is 1.18. The largest absolute Gasteiger partial charge is 0.382 e. The summed E-state index contributed by atoms with van der Waals surface area (Å²) in [5.74, 6) is 1.20. The Hall–Kier alpha value is -3.56. The molecule has 23 heavy (non-hydrogen) atoms. The SMILES string of the molecule is Nc1[nH]nc(NC(=O)NCc2ccncc2)c1Nc1ccn[nH]1. The first kappa shape index (κ1) is 14.4. The first-order chi connectivity index (χ1) is 11.2. The number of H-pyrrole nitrogens is 2. The molecule has 0 bridgehead atoms. The molecule has 7 N–H and O–H groups in total. The van der Waals surface area contributed by atoms with Crippen LogP contribution in [0.1, 0.15) is 5.56 Å². The Labute approximate surface area is 130 Å². The highest BCUT2D eigenvalue weighted by molar-refractivity contribution is 5.94. The summed E-state index contributed by atoms with van der Waals surface area (Å²) < 4.78 is 0. The van der Waals surface area contributed by atoms with E-state index in [1.54, 1.807) is 24.7 Å². The van der Waals surface area contributed by atoms with Crippen LogP contribution in [0.3, 0.4) is 0 Å². The number of nitrogens with two attached hydrogens (primary N) is 1. The maximum absolute atomic E-state index is 12.0. The minimum atomic E-state index is -0.402. The highest BCUT2D eigenvalue weighted by Crippen LogP contribution is 2.27. The van der Waals surface area contributed by atoms with Crippen LogP contribution in [-0.2, 0) is 6.54 Å². The van der Waals surface area contributed by atoms with Gasteiger partial charge in [0.1, 0.15) is 17.3 Å². The lowest BCUT2D eigenvalue weighted by Crippen LogP contribution is -2.28. The fourth-order valence-corrected chi connectivity index (χ4v) is 1.87. The van der Waals surface area contributed by atoms with E-state index in [1.165, 1.54) is 0 Å². The van der Waals surface area contributed by atoms with Crippen LogP contribution in [0.2, 0.25) is 0 Å². The Morgan fingerprint density at radius 3 is 2.74 bits per heavy atom. The molecular formula is C13H15N9O. The number of nitrogen functional groups attached to an aromatic ring is 1. The molecule has 0 saturated heterocycles. The monoisotopic (exact) mass is 313 g/mol. The molecule has 3 aromatic heterocycles. The molecule has 10 nitrogen and oxygen atoms in total. The van der Waals surface area contributed by atoms with Crippen LogP contribution < -0.4 is 21.7 Å². The number of pyridine rings is 1. The predicted molar refractivity (Wildman–Crippen MR) is 85.0 cm³/mol. The van der Waals surface area contributed by atoms with Gasteiger partial charge in [-0.3, -0.25) is 20.5 Å². The summed E-state index contributed by atoms with van der Waals surface area (Å²) in [4.78, 5) is 15.9. The van der Waals surface area contributed by atoms with Gasteiger partial charge in [-0.25, -0.2) is 4.79 Å². The van der Waals surface area contributed by atoms with E-state index >= 15 is 0 Å². The first-order valence-electron chi connectivity index (χ1n) is 6.76. The number of hydrogen-bond acceptors (Lipinski definition) is 6. The number of anilines is 4. The van der Waals surface area contributed by atoms with E-state index in [1.807, 2.05) is 12.1 Å². The molecule has 3 heterocycles. The zero-order valence-electron chi connectivity index (χ0n) is 12.0. The number of aromatic amines is 2. The second kappa shape index (κ2) is 6.47. The molecule has 0 fully saturated rings. The van der Waals surface area contributed by atoms with Gasteiger partial charge in [-0.1, -0.05) is 0 Å². The molecule has 0 radical (unpaired) electrons. The highest BCUT2D eigenvalue weighted by Gasteiger charge is 2.14. The Morgan fingerprint density at radius 1 is 1.17 bits per heavy atom. The number of hydrogen-bond donors (Lipinski definition) is 6. The van der Waals surface area contributed by atoms with Crippen LogP contribution in [0.5, 0.6) is 0 Å². The Kier molecular flexibility index (Phi) is 4.05. The number of aromatic nitrogens is 5. The molecular weight excluding hydrogens is 298 g/mol. The third-order valence-electron chi connectivity index (χ3n) is 2.99. The van der Waals surface area contributed by atoms with Crippen LogP contribution in [-0.4, -0.2) is 31.4 Å². The fraction of sp³-hybridized carbons (Fsp3) is 0.0769. The minimum Gasteiger partial charge on any atom is -0.382 e. The normalized spacial score (nSPS) is 10.3. The Balaban J connectivity index is 1.62. The van der Waals surface area contributed by atoms with Gasteiger partial charge in [0.25, 0.3) is 0 Å². The van der Waals surface area contributed by atoms with Gasteiger partial charge in [-0.2, -0.15) is 10.2 Å². The molecule has 0 aliphatic carbocycles. The van der Waals surface area contributed by atoms with Crippen LogP contribution in [0, 0.1) is 0 Å². The van der Waals surface area contributed by atoms with Crippen molar-refractivity contribution in [1.29, 1.82) is 0 Å². The molecule has 2 amide bonds. The summed E-state index contributed by atoms with van der Waals surface area (Å²) in [6.07, 6.45) is 4.92. The highest BCUT2D eigenvalue weighted by atomic mass is 16.2. The van der Waals surface area contributed by atoms with Crippen molar-refractivity contribution in [1.82, 2.24) is 30.7 Å². The molecule has 10 heteroatoms. The number of rotatable bonds is 5. The molecule has 3 aromatic rings. The molecule has 0 aliphatic heterocycles. The second-order valence-electron chi connectivity index (χ2n) is 4.62. The molecule has 118 valence electrons. The smallest absolute Gasteiger partial charge is 0.320 e. The van der Waals surface area contributed by atoms with Gasteiger partial charge >= 0.3 is 6.03 Å². The van der Waals surface area contributed by atoms with E-state index in [0.717, 1.165) is 5.56 Å². The summed E-state index contributed by atoms with van der Waals surface area (Å²) in [6, 6.07) is 4.96.